The summed E-state index contributed by atoms with van der Waals surface area (Å²) in [5.41, 5.74) is 0.929. The second-order valence-electron chi connectivity index (χ2n) is 5.83. The van der Waals surface area contributed by atoms with Gasteiger partial charge in [0.15, 0.2) is 0 Å². The normalized spacial score (nSPS) is 25.9. The highest BCUT2D eigenvalue weighted by Crippen LogP contribution is 2.27. The molecule has 2 atom stereocenters. The van der Waals surface area contributed by atoms with Crippen LogP contribution in [0, 0.1) is 5.82 Å². The molecule has 0 spiro atoms. The molecule has 1 N–H and O–H groups in total. The molecule has 1 aromatic heterocycles. The Bertz CT molecular complexity index is 478. The molecule has 1 aliphatic heterocycles. The number of pyridine rings is 1. The molecule has 20 heavy (non-hydrogen) atoms. The quantitative estimate of drug-likeness (QED) is 0.895. The van der Waals surface area contributed by atoms with Gasteiger partial charge in [0.2, 0.25) is 0 Å². The first-order chi connectivity index (χ1) is 9.65. The lowest BCUT2D eigenvalue weighted by atomic mass is 10.1. The lowest BCUT2D eigenvalue weighted by molar-refractivity contribution is 0.118. The molecule has 2 heterocycles. The first-order valence-corrected chi connectivity index (χ1v) is 7.37. The fourth-order valence-electron chi connectivity index (χ4n) is 2.85. The van der Waals surface area contributed by atoms with Gasteiger partial charge in [-0.2, -0.15) is 0 Å². The lowest BCUT2D eigenvalue weighted by Crippen LogP contribution is -2.38. The summed E-state index contributed by atoms with van der Waals surface area (Å²) in [7, 11) is 2.02. The van der Waals surface area contributed by atoms with Crippen LogP contribution in [0.1, 0.15) is 31.7 Å². The fraction of sp³-hybridized carbons (Fsp3) is 0.667. The fourth-order valence-corrected chi connectivity index (χ4v) is 2.85. The van der Waals surface area contributed by atoms with Crippen molar-refractivity contribution in [1.29, 1.82) is 0 Å². The van der Waals surface area contributed by atoms with E-state index in [9.17, 15) is 4.39 Å². The number of likely N-dealkylation sites (N-methyl/N-ethyl adjacent to an activating group) is 1. The molecule has 1 aliphatic carbocycles. The molecule has 3 rings (SSSR count). The van der Waals surface area contributed by atoms with E-state index in [-0.39, 0.29) is 11.9 Å². The van der Waals surface area contributed by atoms with Crippen molar-refractivity contribution in [1.82, 2.24) is 10.3 Å². The Morgan fingerprint density at radius 3 is 2.90 bits per heavy atom. The molecule has 1 saturated heterocycles. The van der Waals surface area contributed by atoms with Gasteiger partial charge in [0.1, 0.15) is 11.6 Å². The zero-order valence-electron chi connectivity index (χ0n) is 12.1. The van der Waals surface area contributed by atoms with Gasteiger partial charge in [-0.05, 0) is 32.3 Å². The Hall–Kier alpha value is -1.20. The summed E-state index contributed by atoms with van der Waals surface area (Å²) in [5, 5.41) is 3.43. The third kappa shape index (κ3) is 2.94. The molecule has 2 aliphatic rings. The van der Waals surface area contributed by atoms with Crippen molar-refractivity contribution in [3.8, 4) is 0 Å². The zero-order chi connectivity index (χ0) is 14.1. The van der Waals surface area contributed by atoms with Crippen LogP contribution in [0.3, 0.4) is 0 Å². The summed E-state index contributed by atoms with van der Waals surface area (Å²) in [6.07, 6.45) is 4.93. The number of ether oxygens (including phenoxy) is 1. The predicted molar refractivity (Wildman–Crippen MR) is 76.3 cm³/mol. The van der Waals surface area contributed by atoms with Crippen molar-refractivity contribution in [3.05, 3.63) is 23.6 Å². The van der Waals surface area contributed by atoms with Crippen molar-refractivity contribution >= 4 is 5.82 Å². The van der Waals surface area contributed by atoms with Gasteiger partial charge in [0.25, 0.3) is 0 Å². The van der Waals surface area contributed by atoms with Gasteiger partial charge in [0.05, 0.1) is 18.3 Å². The Balaban J connectivity index is 1.78. The van der Waals surface area contributed by atoms with E-state index in [1.807, 2.05) is 7.05 Å². The van der Waals surface area contributed by atoms with Crippen molar-refractivity contribution in [2.45, 2.75) is 50.9 Å². The Morgan fingerprint density at radius 2 is 2.25 bits per heavy atom. The van der Waals surface area contributed by atoms with Crippen molar-refractivity contribution < 1.29 is 9.13 Å². The smallest absolute Gasteiger partial charge is 0.141 e. The molecule has 4 nitrogen and oxygen atoms in total. The van der Waals surface area contributed by atoms with E-state index in [1.54, 1.807) is 6.07 Å². The summed E-state index contributed by atoms with van der Waals surface area (Å²) in [6, 6.07) is 2.51. The minimum Gasteiger partial charge on any atom is -0.376 e. The number of nitrogens with zero attached hydrogens (tertiary/aromatic N) is 2. The van der Waals surface area contributed by atoms with Crippen LogP contribution in [-0.2, 0) is 11.3 Å². The molecular formula is C15H22FN3O. The van der Waals surface area contributed by atoms with E-state index in [4.69, 9.17) is 4.74 Å². The SMILES string of the molecule is CC1OCCC1N(C)c1ncc(F)cc1CNC1CC1. The monoisotopic (exact) mass is 279 g/mol. The van der Waals surface area contributed by atoms with E-state index >= 15 is 0 Å². The zero-order valence-corrected chi connectivity index (χ0v) is 12.1. The topological polar surface area (TPSA) is 37.4 Å². The summed E-state index contributed by atoms with van der Waals surface area (Å²) in [5.74, 6) is 0.590. The second-order valence-corrected chi connectivity index (χ2v) is 5.83. The van der Waals surface area contributed by atoms with Crippen LogP contribution in [0.2, 0.25) is 0 Å². The van der Waals surface area contributed by atoms with Gasteiger partial charge in [-0.3, -0.25) is 0 Å². The van der Waals surface area contributed by atoms with Gasteiger partial charge >= 0.3 is 0 Å². The maximum atomic E-state index is 13.5. The van der Waals surface area contributed by atoms with Gasteiger partial charge < -0.3 is 15.0 Å². The molecule has 1 aromatic rings. The van der Waals surface area contributed by atoms with Gasteiger partial charge in [-0.1, -0.05) is 0 Å². The number of halogens is 1. The summed E-state index contributed by atoms with van der Waals surface area (Å²) >= 11 is 0. The lowest BCUT2D eigenvalue weighted by Gasteiger charge is -2.29. The number of anilines is 1. The molecule has 5 heteroatoms. The third-order valence-electron chi connectivity index (χ3n) is 4.24. The van der Waals surface area contributed by atoms with Crippen LogP contribution in [0.25, 0.3) is 0 Å². The van der Waals surface area contributed by atoms with Crippen molar-refractivity contribution in [2.75, 3.05) is 18.6 Å². The minimum atomic E-state index is -0.273. The van der Waals surface area contributed by atoms with E-state index in [0.717, 1.165) is 24.4 Å². The summed E-state index contributed by atoms with van der Waals surface area (Å²) in [4.78, 5) is 6.45. The van der Waals surface area contributed by atoms with Crippen LogP contribution in [0.15, 0.2) is 12.3 Å². The van der Waals surface area contributed by atoms with Crippen molar-refractivity contribution in [3.63, 3.8) is 0 Å². The molecule has 0 bridgehead atoms. The second kappa shape index (κ2) is 5.66. The number of rotatable bonds is 5. The molecule has 1 saturated carbocycles. The van der Waals surface area contributed by atoms with Crippen molar-refractivity contribution in [2.24, 2.45) is 0 Å². The Morgan fingerprint density at radius 1 is 1.45 bits per heavy atom. The van der Waals surface area contributed by atoms with Crippen LogP contribution < -0.4 is 10.2 Å². The van der Waals surface area contributed by atoms with E-state index < -0.39 is 0 Å². The van der Waals surface area contributed by atoms with Crippen LogP contribution in [0.4, 0.5) is 10.2 Å². The van der Waals surface area contributed by atoms with Crippen LogP contribution >= 0.6 is 0 Å². The number of hydrogen-bond acceptors (Lipinski definition) is 4. The first-order valence-electron chi connectivity index (χ1n) is 7.37. The molecule has 0 amide bonds. The number of nitrogens with one attached hydrogen (secondary N) is 1. The summed E-state index contributed by atoms with van der Waals surface area (Å²) < 4.78 is 19.1. The molecular weight excluding hydrogens is 257 g/mol. The number of aromatic nitrogens is 1. The van der Waals surface area contributed by atoms with Gasteiger partial charge in [0, 0.05) is 31.8 Å². The minimum absolute atomic E-state index is 0.191. The maximum Gasteiger partial charge on any atom is 0.141 e. The van der Waals surface area contributed by atoms with Gasteiger partial charge in [-0.25, -0.2) is 9.37 Å². The average molecular weight is 279 g/mol. The van der Waals surface area contributed by atoms with E-state index in [2.05, 4.69) is 22.1 Å². The largest absolute Gasteiger partial charge is 0.376 e. The van der Waals surface area contributed by atoms with Crippen LogP contribution in [-0.4, -0.2) is 36.8 Å². The maximum absolute atomic E-state index is 13.5. The first kappa shape index (κ1) is 13.8. The highest BCUT2D eigenvalue weighted by Gasteiger charge is 2.30. The molecule has 0 aromatic carbocycles. The van der Waals surface area contributed by atoms with Crippen LogP contribution in [0.5, 0.6) is 0 Å². The van der Waals surface area contributed by atoms with E-state index in [0.29, 0.717) is 18.6 Å². The molecule has 110 valence electrons. The third-order valence-corrected chi connectivity index (χ3v) is 4.24. The molecule has 2 unspecified atom stereocenters. The highest BCUT2D eigenvalue weighted by atomic mass is 19.1. The Kier molecular flexibility index (Phi) is 3.89. The average Bonchev–Trinajstić information content (AvgIpc) is 3.16. The number of hydrogen-bond donors (Lipinski definition) is 1. The summed E-state index contributed by atoms with van der Waals surface area (Å²) in [6.45, 7) is 3.55. The molecule has 0 radical (unpaired) electrons. The molecule has 2 fully saturated rings. The predicted octanol–water partition coefficient (Wildman–Crippen LogP) is 2.09. The van der Waals surface area contributed by atoms with E-state index in [1.165, 1.54) is 19.0 Å². The highest BCUT2D eigenvalue weighted by molar-refractivity contribution is 5.47. The Labute approximate surface area is 119 Å². The van der Waals surface area contributed by atoms with Gasteiger partial charge in [-0.15, -0.1) is 0 Å². The standard InChI is InChI=1S/C15H22FN3O/c1-10-14(5-6-20-10)19(2)15-11(7-12(16)9-18-15)8-17-13-3-4-13/h7,9-10,13-14,17H,3-6,8H2,1-2H3.